The van der Waals surface area contributed by atoms with Crippen molar-refractivity contribution in [2.75, 3.05) is 12.3 Å². The molecule has 1 atom stereocenters. The van der Waals surface area contributed by atoms with Gasteiger partial charge in [0.05, 0.1) is 11.1 Å². The van der Waals surface area contributed by atoms with Crippen molar-refractivity contribution in [2.45, 2.75) is 38.4 Å². The predicted octanol–water partition coefficient (Wildman–Crippen LogP) is 3.02. The Morgan fingerprint density at radius 3 is 2.43 bits per heavy atom. The summed E-state index contributed by atoms with van der Waals surface area (Å²) >= 11 is 1.87. The molecule has 1 unspecified atom stereocenters. The summed E-state index contributed by atoms with van der Waals surface area (Å²) in [5, 5.41) is 12.3. The van der Waals surface area contributed by atoms with Gasteiger partial charge in [-0.2, -0.15) is 11.8 Å². The number of thioether (sulfide) groups is 1. The third-order valence-electron chi connectivity index (χ3n) is 3.99. The van der Waals surface area contributed by atoms with E-state index in [1.807, 2.05) is 11.8 Å². The van der Waals surface area contributed by atoms with Gasteiger partial charge in [-0.3, -0.25) is 4.79 Å². The van der Waals surface area contributed by atoms with Crippen LogP contribution in [0.2, 0.25) is 0 Å². The smallest absolute Gasteiger partial charge is 0.336 e. The van der Waals surface area contributed by atoms with E-state index >= 15 is 0 Å². The van der Waals surface area contributed by atoms with Gasteiger partial charge in [-0.05, 0) is 50.5 Å². The van der Waals surface area contributed by atoms with Gasteiger partial charge in [0.1, 0.15) is 0 Å². The number of nitrogens with one attached hydrogen (secondary N) is 1. The first kappa shape index (κ1) is 15.9. The molecule has 1 aromatic rings. The molecule has 0 aliphatic carbocycles. The second-order valence-electron chi connectivity index (χ2n) is 5.84. The van der Waals surface area contributed by atoms with Gasteiger partial charge in [0.15, 0.2) is 0 Å². The van der Waals surface area contributed by atoms with E-state index in [-0.39, 0.29) is 21.8 Å². The highest BCUT2D eigenvalue weighted by molar-refractivity contribution is 8.00. The van der Waals surface area contributed by atoms with Crippen molar-refractivity contribution in [1.29, 1.82) is 0 Å². The fourth-order valence-corrected chi connectivity index (χ4v) is 3.96. The van der Waals surface area contributed by atoms with Gasteiger partial charge < -0.3 is 10.4 Å². The Balaban J connectivity index is 2.23. The zero-order chi connectivity index (χ0) is 15.6. The molecular weight excluding hydrogens is 286 g/mol. The number of aromatic carboxylic acids is 1. The fraction of sp³-hybridized carbons (Fsp3) is 0.500. The number of benzene rings is 1. The van der Waals surface area contributed by atoms with E-state index in [4.69, 9.17) is 0 Å². The first-order valence-electron chi connectivity index (χ1n) is 7.10. The third kappa shape index (κ3) is 3.40. The van der Waals surface area contributed by atoms with E-state index in [0.29, 0.717) is 17.7 Å². The lowest BCUT2D eigenvalue weighted by Crippen LogP contribution is -2.37. The summed E-state index contributed by atoms with van der Waals surface area (Å²) in [7, 11) is 0. The average Bonchev–Trinajstić information content (AvgIpc) is 2.85. The number of carbonyl (C=O) groups is 2. The van der Waals surface area contributed by atoms with Crippen LogP contribution in [-0.4, -0.2) is 34.0 Å². The third-order valence-corrected chi connectivity index (χ3v) is 5.52. The first-order valence-corrected chi connectivity index (χ1v) is 8.08. The molecule has 4 nitrogen and oxygen atoms in total. The second-order valence-corrected chi connectivity index (χ2v) is 7.52. The van der Waals surface area contributed by atoms with Gasteiger partial charge in [0, 0.05) is 11.3 Å². The molecule has 1 aliphatic rings. The zero-order valence-corrected chi connectivity index (χ0v) is 13.5. The van der Waals surface area contributed by atoms with E-state index in [0.717, 1.165) is 12.2 Å². The van der Waals surface area contributed by atoms with Gasteiger partial charge >= 0.3 is 5.97 Å². The summed E-state index contributed by atoms with van der Waals surface area (Å²) in [6, 6.07) is 3.53. The van der Waals surface area contributed by atoms with Gasteiger partial charge in [-0.1, -0.05) is 12.1 Å². The predicted molar refractivity (Wildman–Crippen MR) is 85.3 cm³/mol. The molecule has 1 heterocycles. The van der Waals surface area contributed by atoms with Crippen molar-refractivity contribution in [2.24, 2.45) is 0 Å². The second kappa shape index (κ2) is 6.10. The Bertz CT molecular complexity index is 577. The van der Waals surface area contributed by atoms with Crippen LogP contribution >= 0.6 is 11.8 Å². The Labute approximate surface area is 129 Å². The summed E-state index contributed by atoms with van der Waals surface area (Å²) in [4.78, 5) is 23.9. The Kier molecular flexibility index (Phi) is 4.61. The molecule has 1 aromatic carbocycles. The van der Waals surface area contributed by atoms with E-state index in [1.165, 1.54) is 6.42 Å². The lowest BCUT2D eigenvalue weighted by Gasteiger charge is -2.23. The van der Waals surface area contributed by atoms with Crippen molar-refractivity contribution in [3.63, 3.8) is 0 Å². The topological polar surface area (TPSA) is 66.4 Å². The minimum atomic E-state index is -1.05. The molecule has 0 bridgehead atoms. The molecule has 0 spiro atoms. The molecule has 2 N–H and O–H groups in total. The van der Waals surface area contributed by atoms with Crippen molar-refractivity contribution < 1.29 is 14.7 Å². The van der Waals surface area contributed by atoms with Gasteiger partial charge in [0.2, 0.25) is 0 Å². The van der Waals surface area contributed by atoms with Crippen LogP contribution in [0.25, 0.3) is 0 Å². The fourth-order valence-electron chi connectivity index (χ4n) is 2.71. The van der Waals surface area contributed by atoms with Crippen LogP contribution < -0.4 is 5.32 Å². The largest absolute Gasteiger partial charge is 0.478 e. The standard InChI is InChI=1S/C16H21NO3S/c1-10-5-6-11(2)13(15(19)20)12(10)14(18)17-9-16(3)7-4-8-21-16/h5-6H,4,7-9H2,1-3H3,(H,17,18)(H,19,20). The number of amides is 1. The highest BCUT2D eigenvalue weighted by Gasteiger charge is 2.30. The molecule has 1 fully saturated rings. The Morgan fingerprint density at radius 2 is 1.90 bits per heavy atom. The van der Waals surface area contributed by atoms with Crippen LogP contribution in [-0.2, 0) is 0 Å². The van der Waals surface area contributed by atoms with E-state index in [9.17, 15) is 14.7 Å². The van der Waals surface area contributed by atoms with E-state index in [1.54, 1.807) is 26.0 Å². The monoisotopic (exact) mass is 307 g/mol. The highest BCUT2D eigenvalue weighted by Crippen LogP contribution is 2.37. The molecule has 1 saturated heterocycles. The van der Waals surface area contributed by atoms with E-state index < -0.39 is 5.97 Å². The van der Waals surface area contributed by atoms with Gasteiger partial charge in [0.25, 0.3) is 5.91 Å². The van der Waals surface area contributed by atoms with Crippen molar-refractivity contribution in [3.05, 3.63) is 34.4 Å². The molecule has 1 aliphatic heterocycles. The van der Waals surface area contributed by atoms with Crippen LogP contribution in [0.5, 0.6) is 0 Å². The number of rotatable bonds is 4. The lowest BCUT2D eigenvalue weighted by atomic mass is 9.96. The van der Waals surface area contributed by atoms with Gasteiger partial charge in [-0.15, -0.1) is 0 Å². The van der Waals surface area contributed by atoms with Crippen molar-refractivity contribution in [3.8, 4) is 0 Å². The number of aryl methyl sites for hydroxylation is 2. The Morgan fingerprint density at radius 1 is 1.29 bits per heavy atom. The quantitative estimate of drug-likeness (QED) is 0.897. The molecule has 21 heavy (non-hydrogen) atoms. The average molecular weight is 307 g/mol. The molecule has 1 amide bonds. The molecule has 2 rings (SSSR count). The SMILES string of the molecule is Cc1ccc(C)c(C(=O)NCC2(C)CCCS2)c1C(=O)O. The first-order chi connectivity index (χ1) is 9.84. The van der Waals surface area contributed by atoms with Crippen molar-refractivity contribution >= 4 is 23.6 Å². The van der Waals surface area contributed by atoms with Crippen LogP contribution in [0.15, 0.2) is 12.1 Å². The maximum absolute atomic E-state index is 12.5. The normalized spacial score (nSPS) is 21.3. The lowest BCUT2D eigenvalue weighted by molar-refractivity contribution is 0.0690. The highest BCUT2D eigenvalue weighted by atomic mass is 32.2. The molecular formula is C16H21NO3S. The zero-order valence-electron chi connectivity index (χ0n) is 12.7. The van der Waals surface area contributed by atoms with Crippen LogP contribution in [0.1, 0.15) is 51.6 Å². The number of carbonyl (C=O) groups excluding carboxylic acids is 1. The summed E-state index contributed by atoms with van der Waals surface area (Å²) < 4.78 is 0.0662. The summed E-state index contributed by atoms with van der Waals surface area (Å²) in [6.07, 6.45) is 2.25. The van der Waals surface area contributed by atoms with E-state index in [2.05, 4.69) is 12.2 Å². The minimum absolute atomic E-state index is 0.0662. The van der Waals surface area contributed by atoms with Crippen molar-refractivity contribution in [1.82, 2.24) is 5.32 Å². The number of hydrogen-bond acceptors (Lipinski definition) is 3. The number of carboxylic acid groups (broad SMARTS) is 1. The van der Waals surface area contributed by atoms with Crippen LogP contribution in [0, 0.1) is 13.8 Å². The number of carboxylic acids is 1. The molecule has 0 radical (unpaired) electrons. The van der Waals surface area contributed by atoms with Crippen LogP contribution in [0.4, 0.5) is 0 Å². The minimum Gasteiger partial charge on any atom is -0.478 e. The summed E-state index contributed by atoms with van der Waals surface area (Å²) in [5.41, 5.74) is 1.70. The maximum atomic E-state index is 12.5. The molecule has 0 aromatic heterocycles. The molecule has 0 saturated carbocycles. The molecule has 114 valence electrons. The maximum Gasteiger partial charge on any atom is 0.336 e. The number of hydrogen-bond donors (Lipinski definition) is 2. The van der Waals surface area contributed by atoms with Crippen LogP contribution in [0.3, 0.4) is 0 Å². The van der Waals surface area contributed by atoms with Gasteiger partial charge in [-0.25, -0.2) is 4.79 Å². The Hall–Kier alpha value is -1.49. The summed E-state index contributed by atoms with van der Waals surface area (Å²) in [5.74, 6) is -0.221. The summed E-state index contributed by atoms with van der Waals surface area (Å²) in [6.45, 7) is 6.20. The molecule has 5 heteroatoms.